The van der Waals surface area contributed by atoms with E-state index in [4.69, 9.17) is 4.98 Å². The lowest BCUT2D eigenvalue weighted by Crippen LogP contribution is -2.29. The number of H-pyrrole nitrogens is 1. The van der Waals surface area contributed by atoms with Gasteiger partial charge in [-0.3, -0.25) is 9.89 Å². The van der Waals surface area contributed by atoms with Gasteiger partial charge in [-0.1, -0.05) is 12.1 Å². The van der Waals surface area contributed by atoms with Gasteiger partial charge in [-0.15, -0.1) is 0 Å². The van der Waals surface area contributed by atoms with Crippen molar-refractivity contribution in [3.05, 3.63) is 83.1 Å². The number of aromatic amines is 1. The second-order valence-corrected chi connectivity index (χ2v) is 9.26. The van der Waals surface area contributed by atoms with Crippen molar-refractivity contribution in [1.82, 2.24) is 40.2 Å². The Morgan fingerprint density at radius 2 is 2.05 bits per heavy atom. The Bertz CT molecular complexity index is 1440. The predicted octanol–water partition coefficient (Wildman–Crippen LogP) is 4.35. The number of rotatable bonds is 7. The average molecular weight is 502 g/mol. The van der Waals surface area contributed by atoms with Crippen LogP contribution in [-0.4, -0.2) is 40.8 Å². The van der Waals surface area contributed by atoms with Crippen LogP contribution in [0.5, 0.6) is 0 Å². The van der Waals surface area contributed by atoms with Gasteiger partial charge < -0.3 is 10.6 Å². The number of aromatic nitrogens is 7. The fraction of sp³-hybridized carbons (Fsp3) is 0.308. The number of anilines is 2. The zero-order valence-electron chi connectivity index (χ0n) is 20.9. The van der Waals surface area contributed by atoms with Gasteiger partial charge in [0.25, 0.3) is 0 Å². The highest BCUT2D eigenvalue weighted by atomic mass is 19.1. The molecule has 1 aliphatic rings. The molecule has 3 N–H and O–H groups in total. The van der Waals surface area contributed by atoms with Crippen molar-refractivity contribution in [3.8, 4) is 5.82 Å². The molecule has 0 aromatic carbocycles. The molecule has 0 bridgehead atoms. The Kier molecular flexibility index (Phi) is 6.76. The Morgan fingerprint density at radius 3 is 2.70 bits per heavy atom. The number of carbonyl (C=O) groups excluding carboxylic acids is 1. The summed E-state index contributed by atoms with van der Waals surface area (Å²) in [5.41, 5.74) is 3.45. The number of nitrogens with one attached hydrogen (secondary N) is 3. The molecule has 37 heavy (non-hydrogen) atoms. The summed E-state index contributed by atoms with van der Waals surface area (Å²) in [4.78, 5) is 26.6. The zero-order valence-corrected chi connectivity index (χ0v) is 20.9. The number of amides is 1. The Morgan fingerprint density at radius 1 is 1.19 bits per heavy atom. The average Bonchev–Trinajstić information content (AvgIpc) is 3.51. The molecule has 1 amide bonds. The van der Waals surface area contributed by atoms with E-state index < -0.39 is 5.82 Å². The number of allylic oxidation sites excluding steroid dienone is 1. The highest BCUT2D eigenvalue weighted by molar-refractivity contribution is 5.93. The third-order valence-electron chi connectivity index (χ3n) is 6.31. The van der Waals surface area contributed by atoms with Gasteiger partial charge in [0.1, 0.15) is 11.6 Å². The van der Waals surface area contributed by atoms with E-state index in [1.807, 2.05) is 45.0 Å². The first kappa shape index (κ1) is 24.3. The number of carbonyl (C=O) groups is 1. The second kappa shape index (κ2) is 10.3. The first-order valence-electron chi connectivity index (χ1n) is 12.1. The molecule has 190 valence electrons. The third-order valence-corrected chi connectivity index (χ3v) is 6.31. The number of nitrogens with zero attached hydrogens (tertiary/aromatic N) is 6. The number of halogens is 1. The molecule has 11 heteroatoms. The lowest BCUT2D eigenvalue weighted by atomic mass is 9.88. The van der Waals surface area contributed by atoms with E-state index in [-0.39, 0.29) is 17.9 Å². The minimum atomic E-state index is -0.426. The van der Waals surface area contributed by atoms with Crippen LogP contribution < -0.4 is 10.6 Å². The topological polar surface area (TPSA) is 126 Å². The van der Waals surface area contributed by atoms with E-state index in [1.54, 1.807) is 12.3 Å². The smallest absolute Gasteiger partial charge is 0.247 e. The number of hydrogen-bond donors (Lipinski definition) is 3. The van der Waals surface area contributed by atoms with Gasteiger partial charge in [-0.05, 0) is 51.7 Å². The highest BCUT2D eigenvalue weighted by Crippen LogP contribution is 2.31. The summed E-state index contributed by atoms with van der Waals surface area (Å²) in [5, 5.41) is 17.3. The van der Waals surface area contributed by atoms with Crippen LogP contribution in [0.25, 0.3) is 5.82 Å². The molecular formula is C26H28FN9O. The highest BCUT2D eigenvalue weighted by Gasteiger charge is 2.23. The number of aryl methyl sites for hydroxylation is 2. The summed E-state index contributed by atoms with van der Waals surface area (Å²) in [6.45, 7) is 5.79. The molecule has 2 atom stereocenters. The molecular weight excluding hydrogens is 473 g/mol. The van der Waals surface area contributed by atoms with Crippen molar-refractivity contribution in [3.63, 3.8) is 0 Å². The minimum absolute atomic E-state index is 0.0920. The van der Waals surface area contributed by atoms with E-state index >= 15 is 0 Å². The standard InChI is InChI=1S/C26H28FN9O/c1-15-10-22(32-23-11-16(2)34-35-23)33-25(30-15)18-4-6-19(7-5-18)26(37)31-17(3)20-8-9-24(28-12-20)36-14-21(27)13-29-36/h6,8-14,17-18H,4-5,7H2,1-3H3,(H,31,37)(H2,30,32,33,34,35)/t17-,18?/m0/s1. The zero-order chi connectivity index (χ0) is 25.9. The molecule has 4 aromatic heterocycles. The fourth-order valence-electron chi connectivity index (χ4n) is 4.31. The molecule has 5 rings (SSSR count). The van der Waals surface area contributed by atoms with E-state index in [9.17, 15) is 9.18 Å². The van der Waals surface area contributed by atoms with Gasteiger partial charge in [-0.2, -0.15) is 10.2 Å². The van der Waals surface area contributed by atoms with Crippen molar-refractivity contribution < 1.29 is 9.18 Å². The van der Waals surface area contributed by atoms with Crippen LogP contribution in [0.4, 0.5) is 16.0 Å². The van der Waals surface area contributed by atoms with Crippen molar-refractivity contribution in [1.29, 1.82) is 0 Å². The fourth-order valence-corrected chi connectivity index (χ4v) is 4.31. The van der Waals surface area contributed by atoms with Crippen LogP contribution in [0.3, 0.4) is 0 Å². The molecule has 4 aromatic rings. The SMILES string of the molecule is Cc1cc(Nc2cc(C)[nH]n2)nc(C2CC=C(C(=O)N[C@@H](C)c3ccc(-n4cc(F)cn4)nc3)CC2)n1. The number of pyridine rings is 1. The Labute approximate surface area is 213 Å². The summed E-state index contributed by atoms with van der Waals surface area (Å²) in [7, 11) is 0. The molecule has 0 aliphatic heterocycles. The lowest BCUT2D eigenvalue weighted by molar-refractivity contribution is -0.118. The summed E-state index contributed by atoms with van der Waals surface area (Å²) < 4.78 is 14.6. The van der Waals surface area contributed by atoms with Gasteiger partial charge in [0.05, 0.1) is 18.4 Å². The van der Waals surface area contributed by atoms with Crippen LogP contribution in [0.1, 0.15) is 60.9 Å². The molecule has 4 heterocycles. The summed E-state index contributed by atoms with van der Waals surface area (Å²) in [5.74, 6) is 2.30. The molecule has 0 saturated carbocycles. The van der Waals surface area contributed by atoms with Gasteiger partial charge in [-0.25, -0.2) is 24.0 Å². The molecule has 0 fully saturated rings. The maximum Gasteiger partial charge on any atom is 0.247 e. The van der Waals surface area contributed by atoms with Crippen LogP contribution in [0.2, 0.25) is 0 Å². The number of hydrogen-bond acceptors (Lipinski definition) is 7. The summed E-state index contributed by atoms with van der Waals surface area (Å²) in [6.07, 6.45) is 8.16. The van der Waals surface area contributed by atoms with E-state index in [0.29, 0.717) is 30.3 Å². The second-order valence-electron chi connectivity index (χ2n) is 9.26. The van der Waals surface area contributed by atoms with E-state index in [1.165, 1.54) is 10.9 Å². The summed E-state index contributed by atoms with van der Waals surface area (Å²) in [6, 6.07) is 7.16. The van der Waals surface area contributed by atoms with Crippen molar-refractivity contribution >= 4 is 17.5 Å². The van der Waals surface area contributed by atoms with Gasteiger partial charge in [0.2, 0.25) is 5.91 Å². The van der Waals surface area contributed by atoms with Crippen molar-refractivity contribution in [2.45, 2.75) is 52.0 Å². The molecule has 0 spiro atoms. The quantitative estimate of drug-likeness (QED) is 0.344. The first-order chi connectivity index (χ1) is 17.8. The van der Waals surface area contributed by atoms with E-state index in [0.717, 1.165) is 41.0 Å². The maximum absolute atomic E-state index is 13.2. The summed E-state index contributed by atoms with van der Waals surface area (Å²) >= 11 is 0. The van der Waals surface area contributed by atoms with Crippen LogP contribution in [-0.2, 0) is 4.79 Å². The predicted molar refractivity (Wildman–Crippen MR) is 136 cm³/mol. The first-order valence-corrected chi connectivity index (χ1v) is 12.1. The molecule has 1 aliphatic carbocycles. The van der Waals surface area contributed by atoms with Crippen molar-refractivity contribution in [2.75, 3.05) is 5.32 Å². The van der Waals surface area contributed by atoms with Crippen LogP contribution in [0.15, 0.2) is 54.5 Å². The Balaban J connectivity index is 1.20. The monoisotopic (exact) mass is 501 g/mol. The van der Waals surface area contributed by atoms with Gasteiger partial charge >= 0.3 is 0 Å². The van der Waals surface area contributed by atoms with Crippen LogP contribution in [0, 0.1) is 19.7 Å². The lowest BCUT2D eigenvalue weighted by Gasteiger charge is -2.22. The van der Waals surface area contributed by atoms with Gasteiger partial charge in [0, 0.05) is 41.2 Å². The van der Waals surface area contributed by atoms with E-state index in [2.05, 4.69) is 35.9 Å². The third kappa shape index (κ3) is 5.71. The molecule has 0 radical (unpaired) electrons. The molecule has 10 nitrogen and oxygen atoms in total. The molecule has 0 saturated heterocycles. The largest absolute Gasteiger partial charge is 0.346 e. The van der Waals surface area contributed by atoms with Crippen LogP contribution >= 0.6 is 0 Å². The Hall–Kier alpha value is -4.41. The maximum atomic E-state index is 13.2. The van der Waals surface area contributed by atoms with Gasteiger partial charge in [0.15, 0.2) is 17.5 Å². The normalized spacial score (nSPS) is 16.2. The minimum Gasteiger partial charge on any atom is -0.346 e. The molecule has 1 unspecified atom stereocenters. The van der Waals surface area contributed by atoms with Crippen molar-refractivity contribution in [2.24, 2.45) is 0 Å².